The largest absolute Gasteiger partial charge is 0.418 e. The summed E-state index contributed by atoms with van der Waals surface area (Å²) in [5.41, 5.74) is 3.85. The molecule has 1 unspecified atom stereocenters. The highest BCUT2D eigenvalue weighted by molar-refractivity contribution is 6.34. The number of nitrogens with zero attached hydrogens (tertiary/aromatic N) is 4. The first-order valence-electron chi connectivity index (χ1n) is 11.4. The highest BCUT2D eigenvalue weighted by Gasteiger charge is 2.41. The Bertz CT molecular complexity index is 1420. The van der Waals surface area contributed by atoms with E-state index in [2.05, 4.69) is 15.4 Å². The molecule has 0 radical (unpaired) electrons. The molecule has 3 aromatic rings. The summed E-state index contributed by atoms with van der Waals surface area (Å²) >= 11 is 6.14. The van der Waals surface area contributed by atoms with Crippen molar-refractivity contribution < 1.29 is 40.3 Å². The second-order valence-corrected chi connectivity index (χ2v) is 9.49. The van der Waals surface area contributed by atoms with Crippen LogP contribution in [0.15, 0.2) is 30.6 Å². The Hall–Kier alpha value is -3.62. The van der Waals surface area contributed by atoms with Crippen molar-refractivity contribution in [2.24, 2.45) is 5.92 Å². The van der Waals surface area contributed by atoms with Crippen LogP contribution in [0.1, 0.15) is 29.3 Å². The Morgan fingerprint density at radius 1 is 1.18 bits per heavy atom. The molecule has 0 spiro atoms. The number of hydrogen-bond donors (Lipinski definition) is 2. The number of alkyl halides is 7. The van der Waals surface area contributed by atoms with Crippen molar-refractivity contribution in [2.75, 3.05) is 18.8 Å². The van der Waals surface area contributed by atoms with Crippen molar-refractivity contribution in [2.45, 2.75) is 37.9 Å². The second-order valence-electron chi connectivity index (χ2n) is 9.08. The third-order valence-corrected chi connectivity index (χ3v) is 6.68. The minimum absolute atomic E-state index is 0.0862. The summed E-state index contributed by atoms with van der Waals surface area (Å²) in [6, 6.07) is 3.30. The molecule has 1 saturated heterocycles. The first-order chi connectivity index (χ1) is 18.1. The minimum atomic E-state index is -4.80. The van der Waals surface area contributed by atoms with Gasteiger partial charge in [0.05, 0.1) is 40.3 Å². The van der Waals surface area contributed by atoms with E-state index in [-0.39, 0.29) is 28.4 Å². The Morgan fingerprint density at radius 2 is 1.87 bits per heavy atom. The predicted octanol–water partition coefficient (Wildman–Crippen LogP) is 4.52. The van der Waals surface area contributed by atoms with Gasteiger partial charge in [0.15, 0.2) is 5.82 Å². The number of nitrogen functional groups attached to an aromatic ring is 1. The van der Waals surface area contributed by atoms with Crippen LogP contribution in [0.4, 0.5) is 36.6 Å². The van der Waals surface area contributed by atoms with Crippen LogP contribution in [-0.4, -0.2) is 62.8 Å². The summed E-state index contributed by atoms with van der Waals surface area (Å²) in [5.74, 6) is -4.17. The molecule has 3 heterocycles. The Morgan fingerprint density at radius 3 is 2.51 bits per heavy atom. The quantitative estimate of drug-likeness (QED) is 0.432. The highest BCUT2D eigenvalue weighted by atomic mass is 35.5. The molecular weight excluding hydrogens is 561 g/mol. The number of hydrogen-bond acceptors (Lipinski definition) is 5. The average Bonchev–Trinajstić information content (AvgIpc) is 3.40. The van der Waals surface area contributed by atoms with Crippen LogP contribution in [0.2, 0.25) is 5.02 Å². The summed E-state index contributed by atoms with van der Waals surface area (Å²) in [7, 11) is 0. The van der Waals surface area contributed by atoms with Gasteiger partial charge < -0.3 is 16.0 Å². The van der Waals surface area contributed by atoms with E-state index in [0.29, 0.717) is 0 Å². The van der Waals surface area contributed by atoms with Crippen LogP contribution in [0.3, 0.4) is 0 Å². The van der Waals surface area contributed by atoms with Gasteiger partial charge >= 0.3 is 12.4 Å². The molecule has 2 amide bonds. The Kier molecular flexibility index (Phi) is 7.40. The number of aromatic nitrogens is 3. The third-order valence-electron chi connectivity index (χ3n) is 6.35. The average molecular weight is 581 g/mol. The Labute approximate surface area is 220 Å². The number of benzene rings is 1. The van der Waals surface area contributed by atoms with E-state index < -0.39 is 72.2 Å². The lowest BCUT2D eigenvalue weighted by Crippen LogP contribution is -2.42. The van der Waals surface area contributed by atoms with Crippen molar-refractivity contribution in [3.8, 4) is 11.3 Å². The SMILES string of the molecule is CC(CC(=O)N1C[C@H](F)[C@H](NC(=O)c2cc(-c3cc(C(F)(F)F)c4c(N)ncnn34)ccc2Cl)C1)C(F)(F)F. The van der Waals surface area contributed by atoms with Crippen LogP contribution < -0.4 is 11.1 Å². The van der Waals surface area contributed by atoms with Gasteiger partial charge in [-0.15, -0.1) is 0 Å². The molecule has 3 atom stereocenters. The molecule has 0 saturated carbocycles. The maximum atomic E-state index is 14.6. The van der Waals surface area contributed by atoms with Crippen molar-refractivity contribution in [3.63, 3.8) is 0 Å². The second kappa shape index (κ2) is 10.2. The number of fused-ring (bicyclic) bond motifs is 1. The van der Waals surface area contributed by atoms with Gasteiger partial charge in [0.1, 0.15) is 18.0 Å². The van der Waals surface area contributed by atoms with E-state index in [1.165, 1.54) is 18.2 Å². The van der Waals surface area contributed by atoms with Crippen LogP contribution in [0.5, 0.6) is 0 Å². The lowest BCUT2D eigenvalue weighted by molar-refractivity contribution is -0.176. The fraction of sp³-hybridized carbons (Fsp3) is 0.391. The van der Waals surface area contributed by atoms with Crippen molar-refractivity contribution in [1.82, 2.24) is 24.8 Å². The van der Waals surface area contributed by atoms with E-state index in [9.17, 15) is 40.3 Å². The number of rotatable bonds is 5. The van der Waals surface area contributed by atoms with Crippen molar-refractivity contribution in [1.29, 1.82) is 0 Å². The summed E-state index contributed by atoms with van der Waals surface area (Å²) in [6.07, 6.45) is -11.1. The zero-order valence-electron chi connectivity index (χ0n) is 19.9. The standard InChI is InChI=1S/C23H20ClF7N6O2/c1-10(22(26,27)28)4-18(38)36-7-15(25)16(8-36)35-21(39)12-5-11(2-3-14(12)24)17-6-13(23(29,30)31)19-20(32)33-9-34-37(17)19/h2-3,5-6,9-10,15-16H,4,7-8H2,1H3,(H,35,39)(H2,32,33,34)/t10?,15-,16+/m0/s1. The number of anilines is 1. The van der Waals surface area contributed by atoms with Crippen molar-refractivity contribution >= 4 is 34.7 Å². The minimum Gasteiger partial charge on any atom is -0.382 e. The van der Waals surface area contributed by atoms with Gasteiger partial charge in [-0.2, -0.15) is 31.4 Å². The van der Waals surface area contributed by atoms with Gasteiger partial charge in [-0.05, 0) is 18.2 Å². The fourth-order valence-electron chi connectivity index (χ4n) is 4.21. The number of carbonyl (C=O) groups excluding carboxylic acids is 2. The van der Waals surface area contributed by atoms with Crippen LogP contribution >= 0.6 is 11.6 Å². The molecule has 16 heteroatoms. The van der Waals surface area contributed by atoms with Gasteiger partial charge in [0, 0.05) is 18.5 Å². The molecule has 8 nitrogen and oxygen atoms in total. The number of nitrogens with two attached hydrogens (primary N) is 1. The molecule has 1 fully saturated rings. The number of carbonyl (C=O) groups is 2. The van der Waals surface area contributed by atoms with E-state index in [1.807, 2.05) is 0 Å². The normalized spacial score (nSPS) is 18.9. The van der Waals surface area contributed by atoms with Crippen LogP contribution in [-0.2, 0) is 11.0 Å². The van der Waals surface area contributed by atoms with Gasteiger partial charge in [-0.1, -0.05) is 24.6 Å². The van der Waals surface area contributed by atoms with Gasteiger partial charge in [-0.25, -0.2) is 13.9 Å². The monoisotopic (exact) mass is 580 g/mol. The predicted molar refractivity (Wildman–Crippen MR) is 125 cm³/mol. The number of halogens is 8. The zero-order valence-corrected chi connectivity index (χ0v) is 20.7. The molecule has 4 rings (SSSR count). The molecule has 1 aliphatic rings. The molecule has 1 aliphatic heterocycles. The van der Waals surface area contributed by atoms with E-state index in [1.54, 1.807) is 0 Å². The van der Waals surface area contributed by atoms with Gasteiger partial charge in [-0.3, -0.25) is 9.59 Å². The summed E-state index contributed by atoms with van der Waals surface area (Å²) in [5, 5.41) is 6.09. The third kappa shape index (κ3) is 5.72. The van der Waals surface area contributed by atoms with Crippen LogP contribution in [0, 0.1) is 5.92 Å². The van der Waals surface area contributed by atoms with E-state index in [4.69, 9.17) is 17.3 Å². The van der Waals surface area contributed by atoms with Gasteiger partial charge in [0.25, 0.3) is 5.91 Å². The Balaban J connectivity index is 1.57. The summed E-state index contributed by atoms with van der Waals surface area (Å²) < 4.78 is 94.8. The smallest absolute Gasteiger partial charge is 0.382 e. The summed E-state index contributed by atoms with van der Waals surface area (Å²) in [6.45, 7) is -0.0524. The maximum absolute atomic E-state index is 14.6. The number of likely N-dealkylation sites (tertiary alicyclic amines) is 1. The molecule has 3 N–H and O–H groups in total. The van der Waals surface area contributed by atoms with Gasteiger partial charge in [0.2, 0.25) is 5.91 Å². The molecule has 1 aromatic carbocycles. The molecule has 0 aliphatic carbocycles. The fourth-order valence-corrected chi connectivity index (χ4v) is 4.41. The van der Waals surface area contributed by atoms with E-state index in [0.717, 1.165) is 28.7 Å². The molecular formula is C23H20ClF7N6O2. The number of nitrogens with one attached hydrogen (secondary N) is 1. The summed E-state index contributed by atoms with van der Waals surface area (Å²) in [4.78, 5) is 29.7. The highest BCUT2D eigenvalue weighted by Crippen LogP contribution is 2.39. The zero-order chi connectivity index (χ0) is 28.9. The molecule has 39 heavy (non-hydrogen) atoms. The molecule has 2 aromatic heterocycles. The molecule has 0 bridgehead atoms. The lowest BCUT2D eigenvalue weighted by Gasteiger charge is -2.20. The van der Waals surface area contributed by atoms with Crippen LogP contribution in [0.25, 0.3) is 16.8 Å². The lowest BCUT2D eigenvalue weighted by atomic mass is 10.1. The topological polar surface area (TPSA) is 106 Å². The maximum Gasteiger partial charge on any atom is 0.418 e. The first kappa shape index (κ1) is 28.4. The molecule has 210 valence electrons. The van der Waals surface area contributed by atoms with Crippen molar-refractivity contribution in [3.05, 3.63) is 46.7 Å². The number of amides is 2. The first-order valence-corrected chi connectivity index (χ1v) is 11.7. The van der Waals surface area contributed by atoms with E-state index >= 15 is 0 Å².